The summed E-state index contributed by atoms with van der Waals surface area (Å²) >= 11 is 0. The second kappa shape index (κ2) is 7.02. The fraction of sp³-hybridized carbons (Fsp3) is 0.846. The van der Waals surface area contributed by atoms with Crippen LogP contribution in [0, 0.1) is 5.92 Å². The molecule has 0 saturated heterocycles. The van der Waals surface area contributed by atoms with Crippen molar-refractivity contribution in [3.63, 3.8) is 0 Å². The molecule has 0 aliphatic heterocycles. The van der Waals surface area contributed by atoms with Crippen LogP contribution in [0.5, 0.6) is 0 Å². The summed E-state index contributed by atoms with van der Waals surface area (Å²) in [7, 11) is 1.72. The highest BCUT2D eigenvalue weighted by molar-refractivity contribution is 4.81. The molecule has 1 aliphatic carbocycles. The molecule has 0 aromatic rings. The van der Waals surface area contributed by atoms with E-state index in [2.05, 4.69) is 6.58 Å². The van der Waals surface area contributed by atoms with Crippen LogP contribution in [0.3, 0.4) is 0 Å². The number of aliphatic hydroxyl groups is 1. The molecule has 1 aliphatic rings. The summed E-state index contributed by atoms with van der Waals surface area (Å²) in [5.41, 5.74) is 0. The maximum Gasteiger partial charge on any atom is 0.0858 e. The number of allylic oxidation sites excluding steroid dienone is 1. The van der Waals surface area contributed by atoms with Crippen LogP contribution in [0.15, 0.2) is 12.7 Å². The summed E-state index contributed by atoms with van der Waals surface area (Å²) < 4.78 is 5.46. The van der Waals surface area contributed by atoms with Crippen LogP contribution in [0.1, 0.15) is 44.9 Å². The molecule has 2 heteroatoms. The van der Waals surface area contributed by atoms with Crippen molar-refractivity contribution in [1.82, 2.24) is 0 Å². The Bertz CT molecular complexity index is 173. The molecule has 1 rings (SSSR count). The number of ether oxygens (including phenoxy) is 1. The first-order valence-corrected chi connectivity index (χ1v) is 6.11. The van der Waals surface area contributed by atoms with E-state index < -0.39 is 0 Å². The number of methoxy groups -OCH3 is 1. The molecular weight excluding hydrogens is 188 g/mol. The minimum atomic E-state index is -0.323. The van der Waals surface area contributed by atoms with Crippen molar-refractivity contribution in [3.8, 4) is 0 Å². The summed E-state index contributed by atoms with van der Waals surface area (Å²) in [6.07, 6.45) is 9.56. The standard InChI is InChI=1S/C13H24O2/c1-3-4-10-12(14)13(15-2)11-8-6-5-7-9-11/h3,11-14H,1,4-10H2,2H3. The zero-order valence-electron chi connectivity index (χ0n) is 9.82. The first kappa shape index (κ1) is 12.7. The van der Waals surface area contributed by atoms with Crippen LogP contribution in [0.25, 0.3) is 0 Å². The Morgan fingerprint density at radius 1 is 1.40 bits per heavy atom. The molecule has 0 bridgehead atoms. The normalized spacial score (nSPS) is 22.3. The molecule has 0 aromatic carbocycles. The number of hydrogen-bond donors (Lipinski definition) is 1. The van der Waals surface area contributed by atoms with E-state index in [0.29, 0.717) is 5.92 Å². The van der Waals surface area contributed by atoms with Crippen molar-refractivity contribution < 1.29 is 9.84 Å². The summed E-state index contributed by atoms with van der Waals surface area (Å²) in [5, 5.41) is 10.0. The summed E-state index contributed by atoms with van der Waals surface area (Å²) in [6, 6.07) is 0. The molecule has 15 heavy (non-hydrogen) atoms. The van der Waals surface area contributed by atoms with E-state index in [-0.39, 0.29) is 12.2 Å². The van der Waals surface area contributed by atoms with Gasteiger partial charge >= 0.3 is 0 Å². The molecule has 0 radical (unpaired) electrons. The second-order valence-electron chi connectivity index (χ2n) is 4.53. The van der Waals surface area contributed by atoms with Crippen LogP contribution < -0.4 is 0 Å². The van der Waals surface area contributed by atoms with Gasteiger partial charge in [0.15, 0.2) is 0 Å². The van der Waals surface area contributed by atoms with Crippen LogP contribution >= 0.6 is 0 Å². The van der Waals surface area contributed by atoms with Gasteiger partial charge in [-0.2, -0.15) is 0 Å². The van der Waals surface area contributed by atoms with Crippen LogP contribution in [0.4, 0.5) is 0 Å². The van der Waals surface area contributed by atoms with Gasteiger partial charge in [0.1, 0.15) is 0 Å². The fourth-order valence-corrected chi connectivity index (χ4v) is 2.58. The molecule has 0 heterocycles. The smallest absolute Gasteiger partial charge is 0.0858 e. The molecule has 0 aromatic heterocycles. The maximum atomic E-state index is 10.0. The minimum Gasteiger partial charge on any atom is -0.390 e. The van der Waals surface area contributed by atoms with Gasteiger partial charge in [0.05, 0.1) is 12.2 Å². The Balaban J connectivity index is 2.41. The van der Waals surface area contributed by atoms with Crippen molar-refractivity contribution in [1.29, 1.82) is 0 Å². The van der Waals surface area contributed by atoms with E-state index in [0.717, 1.165) is 12.8 Å². The molecule has 2 atom stereocenters. The van der Waals surface area contributed by atoms with Gasteiger partial charge in [-0.25, -0.2) is 0 Å². The Morgan fingerprint density at radius 2 is 2.07 bits per heavy atom. The molecule has 2 nitrogen and oxygen atoms in total. The van der Waals surface area contributed by atoms with E-state index in [1.54, 1.807) is 7.11 Å². The highest BCUT2D eigenvalue weighted by atomic mass is 16.5. The van der Waals surface area contributed by atoms with Crippen molar-refractivity contribution in [3.05, 3.63) is 12.7 Å². The van der Waals surface area contributed by atoms with Crippen LogP contribution in [0.2, 0.25) is 0 Å². The third-order valence-electron chi connectivity index (χ3n) is 3.43. The van der Waals surface area contributed by atoms with E-state index in [1.807, 2.05) is 6.08 Å². The molecule has 1 fully saturated rings. The first-order valence-electron chi connectivity index (χ1n) is 6.11. The largest absolute Gasteiger partial charge is 0.390 e. The molecule has 1 N–H and O–H groups in total. The topological polar surface area (TPSA) is 29.5 Å². The summed E-state index contributed by atoms with van der Waals surface area (Å²) in [4.78, 5) is 0. The van der Waals surface area contributed by atoms with Gasteiger partial charge in [0.25, 0.3) is 0 Å². The van der Waals surface area contributed by atoms with E-state index in [9.17, 15) is 5.11 Å². The Hall–Kier alpha value is -0.340. The van der Waals surface area contributed by atoms with Gasteiger partial charge in [0.2, 0.25) is 0 Å². The molecule has 1 saturated carbocycles. The number of aliphatic hydroxyl groups excluding tert-OH is 1. The lowest BCUT2D eigenvalue weighted by molar-refractivity contribution is -0.0565. The predicted octanol–water partition coefficient (Wildman–Crippen LogP) is 2.91. The summed E-state index contributed by atoms with van der Waals surface area (Å²) in [5.74, 6) is 0.559. The van der Waals surface area contributed by atoms with Gasteiger partial charge in [-0.3, -0.25) is 0 Å². The second-order valence-corrected chi connectivity index (χ2v) is 4.53. The highest BCUT2D eigenvalue weighted by Crippen LogP contribution is 2.30. The Morgan fingerprint density at radius 3 is 2.60 bits per heavy atom. The van der Waals surface area contributed by atoms with Gasteiger partial charge in [-0.15, -0.1) is 6.58 Å². The summed E-state index contributed by atoms with van der Waals surface area (Å²) in [6.45, 7) is 3.68. The van der Waals surface area contributed by atoms with Crippen molar-refractivity contribution in [2.45, 2.75) is 57.2 Å². The van der Waals surface area contributed by atoms with E-state index in [1.165, 1.54) is 32.1 Å². The quantitative estimate of drug-likeness (QED) is 0.686. The number of hydrogen-bond acceptors (Lipinski definition) is 2. The lowest BCUT2D eigenvalue weighted by atomic mass is 9.82. The van der Waals surface area contributed by atoms with Gasteiger partial charge < -0.3 is 9.84 Å². The first-order chi connectivity index (χ1) is 7.29. The molecular formula is C13H24O2. The lowest BCUT2D eigenvalue weighted by Gasteiger charge is -2.32. The molecule has 0 spiro atoms. The average molecular weight is 212 g/mol. The van der Waals surface area contributed by atoms with Gasteiger partial charge in [0, 0.05) is 7.11 Å². The third-order valence-corrected chi connectivity index (χ3v) is 3.43. The Kier molecular flexibility index (Phi) is 5.96. The van der Waals surface area contributed by atoms with Crippen molar-refractivity contribution in [2.75, 3.05) is 7.11 Å². The van der Waals surface area contributed by atoms with Gasteiger partial charge in [-0.1, -0.05) is 25.3 Å². The lowest BCUT2D eigenvalue weighted by Crippen LogP contribution is -2.36. The molecule has 0 amide bonds. The van der Waals surface area contributed by atoms with Crippen molar-refractivity contribution >= 4 is 0 Å². The average Bonchev–Trinajstić information content (AvgIpc) is 2.29. The minimum absolute atomic E-state index is 0.0326. The SMILES string of the molecule is C=CCCC(O)C(OC)C1CCCCC1. The molecule has 88 valence electrons. The number of rotatable bonds is 6. The fourth-order valence-electron chi connectivity index (χ4n) is 2.58. The molecule has 2 unspecified atom stereocenters. The zero-order valence-corrected chi connectivity index (χ0v) is 9.82. The van der Waals surface area contributed by atoms with Crippen LogP contribution in [-0.2, 0) is 4.74 Å². The predicted molar refractivity (Wildman–Crippen MR) is 62.8 cm³/mol. The zero-order chi connectivity index (χ0) is 11.1. The third kappa shape index (κ3) is 3.96. The van der Waals surface area contributed by atoms with Crippen molar-refractivity contribution in [2.24, 2.45) is 5.92 Å². The maximum absolute atomic E-state index is 10.0. The monoisotopic (exact) mass is 212 g/mol. The van der Waals surface area contributed by atoms with E-state index >= 15 is 0 Å². The van der Waals surface area contributed by atoms with Crippen LogP contribution in [-0.4, -0.2) is 24.4 Å². The van der Waals surface area contributed by atoms with E-state index in [4.69, 9.17) is 4.74 Å². The highest BCUT2D eigenvalue weighted by Gasteiger charge is 2.28. The van der Waals surface area contributed by atoms with Gasteiger partial charge in [-0.05, 0) is 31.6 Å². The Labute approximate surface area is 93.3 Å².